The molecule has 0 bridgehead atoms. The first-order chi connectivity index (χ1) is 20.5. The number of pyridine rings is 1. The summed E-state index contributed by atoms with van der Waals surface area (Å²) in [5.74, 6) is 0.662. The molecular formula is C32H40N6O4. The van der Waals surface area contributed by atoms with Crippen molar-refractivity contribution in [1.29, 1.82) is 0 Å². The molecule has 6 rings (SSSR count). The lowest BCUT2D eigenvalue weighted by molar-refractivity contribution is -0.0893. The molecule has 0 spiro atoms. The number of aryl methyl sites for hydroxylation is 1. The van der Waals surface area contributed by atoms with E-state index in [0.29, 0.717) is 38.2 Å². The molecule has 42 heavy (non-hydrogen) atoms. The Kier molecular flexibility index (Phi) is 8.28. The molecule has 0 radical (unpaired) electrons. The highest BCUT2D eigenvalue weighted by molar-refractivity contribution is 5.98. The first-order valence-corrected chi connectivity index (χ1v) is 14.9. The summed E-state index contributed by atoms with van der Waals surface area (Å²) in [7, 11) is 1.62. The third-order valence-corrected chi connectivity index (χ3v) is 8.61. The van der Waals surface area contributed by atoms with E-state index in [0.717, 1.165) is 54.2 Å². The average Bonchev–Trinajstić information content (AvgIpc) is 3.60. The molecule has 1 saturated carbocycles. The van der Waals surface area contributed by atoms with Crippen LogP contribution in [0.25, 0.3) is 16.9 Å². The second-order valence-corrected chi connectivity index (χ2v) is 11.5. The monoisotopic (exact) mass is 572 g/mol. The van der Waals surface area contributed by atoms with Crippen LogP contribution in [0.4, 0.5) is 0 Å². The number of amides is 1. The van der Waals surface area contributed by atoms with Gasteiger partial charge in [-0.15, -0.1) is 0 Å². The molecular weight excluding hydrogens is 532 g/mol. The van der Waals surface area contributed by atoms with Gasteiger partial charge in [-0.3, -0.25) is 4.79 Å². The minimum atomic E-state index is -1.02. The van der Waals surface area contributed by atoms with Crippen molar-refractivity contribution in [3.63, 3.8) is 0 Å². The molecule has 4 aromatic rings. The summed E-state index contributed by atoms with van der Waals surface area (Å²) in [6.07, 6.45) is 9.72. The number of methoxy groups -OCH3 is 1. The molecule has 1 aliphatic heterocycles. The van der Waals surface area contributed by atoms with Crippen molar-refractivity contribution in [2.45, 2.75) is 56.7 Å². The maximum Gasteiger partial charge on any atom is 0.275 e. The molecule has 3 aromatic heterocycles. The van der Waals surface area contributed by atoms with Gasteiger partial charge >= 0.3 is 0 Å². The van der Waals surface area contributed by atoms with Crippen LogP contribution in [0.1, 0.15) is 54.3 Å². The van der Waals surface area contributed by atoms with Gasteiger partial charge < -0.3 is 33.8 Å². The molecule has 4 heterocycles. The lowest BCUT2D eigenvalue weighted by Gasteiger charge is -2.41. The van der Waals surface area contributed by atoms with E-state index < -0.39 is 5.60 Å². The summed E-state index contributed by atoms with van der Waals surface area (Å²) in [6.45, 7) is 4.66. The number of imidazole rings is 2. The smallest absolute Gasteiger partial charge is 0.275 e. The third-order valence-electron chi connectivity index (χ3n) is 8.61. The molecule has 0 unspecified atom stereocenters. The number of carbonyl (C=O) groups excluding carboxylic acids is 1. The zero-order valence-electron chi connectivity index (χ0n) is 24.4. The first-order valence-electron chi connectivity index (χ1n) is 14.9. The SMILES string of the molecule is COC[C@]1(O)CCCC[C@H]1n1cnc(C(=O)N2CCNC[C@H]2CCOc2ccn3cc(C)nc3c2)c1-c1ccccc1. The van der Waals surface area contributed by atoms with Crippen LogP contribution in [0.3, 0.4) is 0 Å². The van der Waals surface area contributed by atoms with Crippen molar-refractivity contribution < 1.29 is 19.4 Å². The van der Waals surface area contributed by atoms with Crippen LogP contribution in [0.5, 0.6) is 5.75 Å². The van der Waals surface area contributed by atoms with Gasteiger partial charge in [0.15, 0.2) is 5.69 Å². The zero-order valence-corrected chi connectivity index (χ0v) is 24.4. The van der Waals surface area contributed by atoms with E-state index in [4.69, 9.17) is 14.5 Å². The van der Waals surface area contributed by atoms with Crippen LogP contribution in [0, 0.1) is 6.92 Å². The number of carbonyl (C=O) groups is 1. The number of aromatic nitrogens is 4. The van der Waals surface area contributed by atoms with Crippen LogP contribution >= 0.6 is 0 Å². The molecule has 2 fully saturated rings. The second-order valence-electron chi connectivity index (χ2n) is 11.5. The molecule has 1 aliphatic carbocycles. The van der Waals surface area contributed by atoms with Crippen molar-refractivity contribution >= 4 is 11.6 Å². The zero-order chi connectivity index (χ0) is 29.1. The highest BCUT2D eigenvalue weighted by Crippen LogP contribution is 2.41. The number of nitrogens with one attached hydrogen (secondary N) is 1. The fraction of sp³-hybridized carbons (Fsp3) is 0.469. The quantitative estimate of drug-likeness (QED) is 0.314. The first kappa shape index (κ1) is 28.4. The van der Waals surface area contributed by atoms with Gasteiger partial charge in [0.2, 0.25) is 0 Å². The van der Waals surface area contributed by atoms with Crippen molar-refractivity contribution in [1.82, 2.24) is 29.2 Å². The number of ether oxygens (including phenoxy) is 2. The van der Waals surface area contributed by atoms with Gasteiger partial charge in [0.05, 0.1) is 37.0 Å². The normalized spacial score (nSPS) is 22.9. The molecule has 3 atom stereocenters. The third kappa shape index (κ3) is 5.66. The van der Waals surface area contributed by atoms with Gasteiger partial charge in [-0.05, 0) is 25.8 Å². The van der Waals surface area contributed by atoms with E-state index in [-0.39, 0.29) is 24.6 Å². The lowest BCUT2D eigenvalue weighted by Crippen LogP contribution is -2.54. The fourth-order valence-corrected chi connectivity index (χ4v) is 6.57. The van der Waals surface area contributed by atoms with E-state index in [9.17, 15) is 9.90 Å². The van der Waals surface area contributed by atoms with Crippen LogP contribution < -0.4 is 10.1 Å². The summed E-state index contributed by atoms with van der Waals surface area (Å²) in [5, 5.41) is 15.1. The Bertz CT molecular complexity index is 1510. The average molecular weight is 573 g/mol. The topological polar surface area (TPSA) is 106 Å². The fourth-order valence-electron chi connectivity index (χ4n) is 6.57. The van der Waals surface area contributed by atoms with E-state index in [1.807, 2.05) is 75.6 Å². The van der Waals surface area contributed by atoms with Crippen molar-refractivity contribution in [3.05, 3.63) is 72.6 Å². The van der Waals surface area contributed by atoms with Gasteiger partial charge in [-0.25, -0.2) is 9.97 Å². The maximum absolute atomic E-state index is 14.3. The molecule has 2 aliphatic rings. The van der Waals surface area contributed by atoms with Gasteiger partial charge in [0.1, 0.15) is 17.0 Å². The Hall–Kier alpha value is -3.73. The summed E-state index contributed by atoms with van der Waals surface area (Å²) < 4.78 is 15.6. The number of benzene rings is 1. The minimum Gasteiger partial charge on any atom is -0.493 e. The predicted octanol–water partition coefficient (Wildman–Crippen LogP) is 3.88. The Morgan fingerprint density at radius 3 is 2.90 bits per heavy atom. The maximum atomic E-state index is 14.3. The number of hydrogen-bond acceptors (Lipinski definition) is 7. The molecule has 1 amide bonds. The number of nitrogens with zero attached hydrogens (tertiary/aromatic N) is 5. The standard InChI is InChI=1S/C32H40N6O4/c1-23-20-36-15-11-26(18-28(36)35-23)42-17-12-25-19-33-14-16-37(25)31(39)29-30(24-8-4-3-5-9-24)38(22-34-29)27-10-6-7-13-32(27,40)21-41-2/h3-5,8-9,11,15,18,20,22,25,27,33,40H,6-7,10,12-14,16-17,19,21H2,1-2H3/t25-,27-,32-/m1/s1. The number of piperazine rings is 1. The summed E-state index contributed by atoms with van der Waals surface area (Å²) >= 11 is 0. The van der Waals surface area contributed by atoms with E-state index >= 15 is 0 Å². The molecule has 1 aromatic carbocycles. The van der Waals surface area contributed by atoms with E-state index in [2.05, 4.69) is 10.3 Å². The largest absolute Gasteiger partial charge is 0.493 e. The van der Waals surface area contributed by atoms with E-state index in [1.165, 1.54) is 0 Å². The number of fused-ring (bicyclic) bond motifs is 1. The highest BCUT2D eigenvalue weighted by Gasteiger charge is 2.42. The van der Waals surface area contributed by atoms with Crippen molar-refractivity contribution in [2.75, 3.05) is 40.0 Å². The summed E-state index contributed by atoms with van der Waals surface area (Å²) in [4.78, 5) is 25.4. The predicted molar refractivity (Wildman–Crippen MR) is 160 cm³/mol. The van der Waals surface area contributed by atoms with Crippen LogP contribution in [0.15, 0.2) is 61.2 Å². The number of hydrogen-bond donors (Lipinski definition) is 2. The number of aliphatic hydroxyl groups is 1. The Labute approximate surface area is 246 Å². The van der Waals surface area contributed by atoms with Gasteiger partial charge in [0, 0.05) is 63.2 Å². The molecule has 222 valence electrons. The van der Waals surface area contributed by atoms with Crippen molar-refractivity contribution in [3.8, 4) is 17.0 Å². The molecule has 10 heteroatoms. The molecule has 1 saturated heterocycles. The van der Waals surface area contributed by atoms with Gasteiger partial charge in [-0.1, -0.05) is 43.2 Å². The van der Waals surface area contributed by atoms with Crippen LogP contribution in [-0.4, -0.2) is 86.5 Å². The molecule has 10 nitrogen and oxygen atoms in total. The Morgan fingerprint density at radius 2 is 2.07 bits per heavy atom. The van der Waals surface area contributed by atoms with E-state index in [1.54, 1.807) is 13.4 Å². The van der Waals surface area contributed by atoms with Crippen molar-refractivity contribution in [2.24, 2.45) is 0 Å². The Balaban J connectivity index is 1.25. The number of rotatable bonds is 9. The molecule has 2 N–H and O–H groups in total. The minimum absolute atomic E-state index is 0.0440. The van der Waals surface area contributed by atoms with Crippen LogP contribution in [-0.2, 0) is 4.74 Å². The summed E-state index contributed by atoms with van der Waals surface area (Å²) in [5.41, 5.74) is 2.85. The van der Waals surface area contributed by atoms with Gasteiger partial charge in [-0.2, -0.15) is 0 Å². The lowest BCUT2D eigenvalue weighted by atomic mass is 9.80. The Morgan fingerprint density at radius 1 is 1.21 bits per heavy atom. The van der Waals surface area contributed by atoms with Gasteiger partial charge in [0.25, 0.3) is 5.91 Å². The summed E-state index contributed by atoms with van der Waals surface area (Å²) in [6, 6.07) is 13.5. The highest BCUT2D eigenvalue weighted by atomic mass is 16.5. The second kappa shape index (κ2) is 12.2. The van der Waals surface area contributed by atoms with Crippen LogP contribution in [0.2, 0.25) is 0 Å².